The molecule has 29 heavy (non-hydrogen) atoms. The fraction of sp³-hybridized carbons (Fsp3) is 0.250. The van der Waals surface area contributed by atoms with Crippen LogP contribution in [-0.4, -0.2) is 20.8 Å². The molecular weight excluding hydrogens is 369 g/mol. The van der Waals surface area contributed by atoms with Gasteiger partial charge in [0.25, 0.3) is 0 Å². The molecule has 0 aliphatic carbocycles. The van der Waals surface area contributed by atoms with E-state index in [1.54, 1.807) is 20.3 Å². The zero-order valence-corrected chi connectivity index (χ0v) is 16.6. The Labute approximate surface area is 170 Å². The van der Waals surface area contributed by atoms with Gasteiger partial charge in [-0.15, -0.1) is 0 Å². The van der Waals surface area contributed by atoms with Gasteiger partial charge in [-0.05, 0) is 53.4 Å². The minimum absolute atomic E-state index is 0.186. The Morgan fingerprint density at radius 1 is 0.897 bits per heavy atom. The third kappa shape index (κ3) is 4.05. The van der Waals surface area contributed by atoms with Crippen LogP contribution in [0.1, 0.15) is 28.3 Å². The first kappa shape index (κ1) is 19.3. The summed E-state index contributed by atoms with van der Waals surface area (Å²) in [4.78, 5) is 0. The van der Waals surface area contributed by atoms with Gasteiger partial charge in [-0.1, -0.05) is 30.3 Å². The second-order valence-electron chi connectivity index (χ2n) is 7.00. The highest BCUT2D eigenvalue weighted by molar-refractivity contribution is 5.53. The van der Waals surface area contributed by atoms with Crippen molar-refractivity contribution in [1.29, 1.82) is 0 Å². The molecule has 1 unspecified atom stereocenters. The lowest BCUT2D eigenvalue weighted by molar-refractivity contribution is 0.283. The number of methoxy groups -OCH3 is 2. The Morgan fingerprint density at radius 2 is 1.69 bits per heavy atom. The molecule has 0 aromatic heterocycles. The third-order valence-electron chi connectivity index (χ3n) is 5.22. The minimum Gasteiger partial charge on any atom is -0.496 e. The molecule has 5 heteroatoms. The maximum atomic E-state index is 14.0. The van der Waals surface area contributed by atoms with Crippen LogP contribution in [0.15, 0.2) is 60.7 Å². The fourth-order valence-corrected chi connectivity index (χ4v) is 3.78. The van der Waals surface area contributed by atoms with E-state index in [9.17, 15) is 4.39 Å². The number of ether oxygens (including phenoxy) is 3. The topological polar surface area (TPSA) is 39.7 Å². The number of benzene rings is 3. The summed E-state index contributed by atoms with van der Waals surface area (Å²) < 4.78 is 31.1. The van der Waals surface area contributed by atoms with E-state index in [1.807, 2.05) is 42.5 Å². The van der Waals surface area contributed by atoms with Gasteiger partial charge in [0.1, 0.15) is 18.2 Å². The molecule has 0 amide bonds. The van der Waals surface area contributed by atoms with Crippen molar-refractivity contribution in [2.45, 2.75) is 19.1 Å². The summed E-state index contributed by atoms with van der Waals surface area (Å²) in [6.07, 6.45) is 0.860. The second kappa shape index (κ2) is 8.53. The van der Waals surface area contributed by atoms with Crippen LogP contribution in [0.4, 0.5) is 4.39 Å². The van der Waals surface area contributed by atoms with Crippen LogP contribution in [0.5, 0.6) is 17.2 Å². The average molecular weight is 393 g/mol. The van der Waals surface area contributed by atoms with Crippen LogP contribution in [-0.2, 0) is 13.0 Å². The normalized spacial score (nSPS) is 15.5. The molecule has 0 saturated carbocycles. The molecule has 150 valence electrons. The standard InChI is InChI=1S/C24H24FNO3/c1-27-21-9-8-18(25)13-20(21)24-19-14-23(29-15-16-6-4-3-5-7-16)22(28-2)12-17(19)10-11-26-24/h3-9,12-14,24,26H,10-11,15H2,1-2H3. The Morgan fingerprint density at radius 3 is 2.45 bits per heavy atom. The van der Waals surface area contributed by atoms with E-state index in [0.29, 0.717) is 23.9 Å². The highest BCUT2D eigenvalue weighted by Crippen LogP contribution is 2.40. The number of nitrogens with one attached hydrogen (secondary N) is 1. The van der Waals surface area contributed by atoms with Crippen molar-refractivity contribution in [3.05, 3.63) is 88.7 Å². The van der Waals surface area contributed by atoms with Crippen molar-refractivity contribution in [1.82, 2.24) is 5.32 Å². The molecule has 1 N–H and O–H groups in total. The van der Waals surface area contributed by atoms with Crippen LogP contribution in [0, 0.1) is 5.82 Å². The Bertz CT molecular complexity index is 991. The van der Waals surface area contributed by atoms with Gasteiger partial charge in [0.05, 0.1) is 20.3 Å². The summed E-state index contributed by atoms with van der Waals surface area (Å²) in [5.74, 6) is 1.73. The monoisotopic (exact) mass is 393 g/mol. The van der Waals surface area contributed by atoms with Gasteiger partial charge in [0.15, 0.2) is 11.5 Å². The van der Waals surface area contributed by atoms with Crippen molar-refractivity contribution < 1.29 is 18.6 Å². The molecule has 3 aromatic rings. The molecule has 4 rings (SSSR count). The van der Waals surface area contributed by atoms with E-state index in [2.05, 4.69) is 5.32 Å². The van der Waals surface area contributed by atoms with E-state index < -0.39 is 0 Å². The molecule has 1 heterocycles. The number of halogens is 1. The fourth-order valence-electron chi connectivity index (χ4n) is 3.78. The van der Waals surface area contributed by atoms with Crippen LogP contribution in [0.25, 0.3) is 0 Å². The zero-order valence-electron chi connectivity index (χ0n) is 16.6. The first-order valence-corrected chi connectivity index (χ1v) is 9.64. The van der Waals surface area contributed by atoms with E-state index in [0.717, 1.165) is 35.2 Å². The maximum absolute atomic E-state index is 14.0. The second-order valence-corrected chi connectivity index (χ2v) is 7.00. The molecular formula is C24H24FNO3. The van der Waals surface area contributed by atoms with Gasteiger partial charge >= 0.3 is 0 Å². The number of fused-ring (bicyclic) bond motifs is 1. The smallest absolute Gasteiger partial charge is 0.162 e. The van der Waals surface area contributed by atoms with Crippen molar-refractivity contribution in [3.8, 4) is 17.2 Å². The van der Waals surface area contributed by atoms with Gasteiger partial charge in [-0.25, -0.2) is 4.39 Å². The maximum Gasteiger partial charge on any atom is 0.162 e. The van der Waals surface area contributed by atoms with Gasteiger partial charge in [0.2, 0.25) is 0 Å². The van der Waals surface area contributed by atoms with E-state index >= 15 is 0 Å². The molecule has 0 fully saturated rings. The van der Waals surface area contributed by atoms with E-state index in [1.165, 1.54) is 12.1 Å². The van der Waals surface area contributed by atoms with E-state index in [4.69, 9.17) is 14.2 Å². The minimum atomic E-state index is -0.288. The summed E-state index contributed by atoms with van der Waals surface area (Å²) in [5.41, 5.74) is 4.05. The zero-order chi connectivity index (χ0) is 20.2. The van der Waals surface area contributed by atoms with Gasteiger partial charge in [-0.2, -0.15) is 0 Å². The molecule has 1 atom stereocenters. The molecule has 1 aliphatic rings. The van der Waals surface area contributed by atoms with Crippen molar-refractivity contribution in [2.24, 2.45) is 0 Å². The van der Waals surface area contributed by atoms with E-state index in [-0.39, 0.29) is 11.9 Å². The molecule has 1 aliphatic heterocycles. The van der Waals surface area contributed by atoms with Crippen molar-refractivity contribution in [3.63, 3.8) is 0 Å². The molecule has 0 radical (unpaired) electrons. The van der Waals surface area contributed by atoms with Gasteiger partial charge < -0.3 is 19.5 Å². The van der Waals surface area contributed by atoms with Crippen LogP contribution in [0.2, 0.25) is 0 Å². The SMILES string of the molecule is COc1cc2c(cc1OCc1ccccc1)C(c1cc(F)ccc1OC)NCC2. The first-order valence-electron chi connectivity index (χ1n) is 9.64. The first-order chi connectivity index (χ1) is 14.2. The lowest BCUT2D eigenvalue weighted by Gasteiger charge is -2.29. The largest absolute Gasteiger partial charge is 0.496 e. The average Bonchev–Trinajstić information content (AvgIpc) is 2.77. The lowest BCUT2D eigenvalue weighted by Crippen LogP contribution is -2.31. The summed E-state index contributed by atoms with van der Waals surface area (Å²) in [6.45, 7) is 1.22. The molecule has 3 aromatic carbocycles. The number of hydrogen-bond acceptors (Lipinski definition) is 4. The highest BCUT2D eigenvalue weighted by atomic mass is 19.1. The number of hydrogen-bond donors (Lipinski definition) is 1. The lowest BCUT2D eigenvalue weighted by atomic mass is 9.89. The van der Waals surface area contributed by atoms with Crippen molar-refractivity contribution in [2.75, 3.05) is 20.8 Å². The molecule has 0 spiro atoms. The number of rotatable bonds is 6. The Balaban J connectivity index is 1.72. The van der Waals surface area contributed by atoms with Gasteiger partial charge in [0, 0.05) is 12.1 Å². The Hall–Kier alpha value is -3.05. The predicted octanol–water partition coefficient (Wildman–Crippen LogP) is 4.66. The molecule has 0 bridgehead atoms. The third-order valence-corrected chi connectivity index (χ3v) is 5.22. The predicted molar refractivity (Wildman–Crippen MR) is 110 cm³/mol. The van der Waals surface area contributed by atoms with Crippen LogP contribution < -0.4 is 19.5 Å². The molecule has 0 saturated heterocycles. The van der Waals surface area contributed by atoms with Gasteiger partial charge in [-0.3, -0.25) is 0 Å². The van der Waals surface area contributed by atoms with Crippen molar-refractivity contribution >= 4 is 0 Å². The quantitative estimate of drug-likeness (QED) is 0.661. The summed E-state index contributed by atoms with van der Waals surface area (Å²) in [6, 6.07) is 18.4. The highest BCUT2D eigenvalue weighted by Gasteiger charge is 2.26. The summed E-state index contributed by atoms with van der Waals surface area (Å²) >= 11 is 0. The summed E-state index contributed by atoms with van der Waals surface area (Å²) in [7, 11) is 3.24. The summed E-state index contributed by atoms with van der Waals surface area (Å²) in [5, 5.41) is 3.49. The molecule has 4 nitrogen and oxygen atoms in total. The van der Waals surface area contributed by atoms with Crippen LogP contribution in [0.3, 0.4) is 0 Å². The Kier molecular flexibility index (Phi) is 5.67. The van der Waals surface area contributed by atoms with Crippen LogP contribution >= 0.6 is 0 Å².